The highest BCUT2D eigenvalue weighted by atomic mass is 16.6. The number of nitro benzene ring substituents is 1. The van der Waals surface area contributed by atoms with Crippen LogP contribution >= 0.6 is 0 Å². The summed E-state index contributed by atoms with van der Waals surface area (Å²) in [5.41, 5.74) is 0.709. The van der Waals surface area contributed by atoms with Crippen molar-refractivity contribution in [3.05, 3.63) is 28.3 Å². The Bertz CT molecular complexity index is 481. The number of hydrogen-bond donors (Lipinski definition) is 0. The van der Waals surface area contributed by atoms with E-state index in [-0.39, 0.29) is 5.69 Å². The van der Waals surface area contributed by atoms with Gasteiger partial charge in [0.15, 0.2) is 0 Å². The highest BCUT2D eigenvalue weighted by molar-refractivity contribution is 5.57. The Morgan fingerprint density at radius 2 is 1.61 bits per heavy atom. The molecule has 0 N–H and O–H groups in total. The standard InChI is InChI=1S/C15H24N2O6/c1-16(2)13-10-14(17(18)19)12-15(11-13)23-9-8-22-7-6-21-5-4-20-3/h10-12H,4-9H2,1-3H3. The molecule has 23 heavy (non-hydrogen) atoms. The van der Waals surface area contributed by atoms with E-state index in [0.717, 1.165) is 0 Å². The maximum Gasteiger partial charge on any atom is 0.275 e. The molecule has 0 aromatic heterocycles. The Morgan fingerprint density at radius 1 is 1.00 bits per heavy atom. The molecule has 0 saturated heterocycles. The number of benzene rings is 1. The van der Waals surface area contributed by atoms with Gasteiger partial charge in [-0.25, -0.2) is 0 Å². The molecular weight excluding hydrogens is 304 g/mol. The van der Waals surface area contributed by atoms with Crippen molar-refractivity contribution in [2.24, 2.45) is 0 Å². The molecule has 0 bridgehead atoms. The topological polar surface area (TPSA) is 83.3 Å². The zero-order chi connectivity index (χ0) is 17.1. The summed E-state index contributed by atoms with van der Waals surface area (Å²) in [6, 6.07) is 4.66. The summed E-state index contributed by atoms with van der Waals surface area (Å²) < 4.78 is 21.0. The number of nitro groups is 1. The van der Waals surface area contributed by atoms with E-state index in [1.807, 2.05) is 14.1 Å². The van der Waals surface area contributed by atoms with E-state index < -0.39 is 4.92 Å². The number of hydrogen-bond acceptors (Lipinski definition) is 7. The first-order valence-electron chi connectivity index (χ1n) is 7.28. The summed E-state index contributed by atoms with van der Waals surface area (Å²) >= 11 is 0. The third-order valence-corrected chi connectivity index (χ3v) is 2.90. The fourth-order valence-corrected chi connectivity index (χ4v) is 1.70. The monoisotopic (exact) mass is 328 g/mol. The van der Waals surface area contributed by atoms with Gasteiger partial charge in [0.05, 0.1) is 44.0 Å². The van der Waals surface area contributed by atoms with Crippen LogP contribution in [0.15, 0.2) is 18.2 Å². The molecule has 1 rings (SSSR count). The molecule has 1 aromatic carbocycles. The molecule has 0 heterocycles. The van der Waals surface area contributed by atoms with E-state index in [2.05, 4.69) is 0 Å². The largest absolute Gasteiger partial charge is 0.491 e. The normalized spacial score (nSPS) is 10.6. The van der Waals surface area contributed by atoms with Crippen LogP contribution in [0.4, 0.5) is 11.4 Å². The SMILES string of the molecule is COCCOCCOCCOc1cc(N(C)C)cc([N+](=O)[O-])c1. The van der Waals surface area contributed by atoms with Gasteiger partial charge in [0, 0.05) is 39.0 Å². The molecule has 130 valence electrons. The van der Waals surface area contributed by atoms with Crippen LogP contribution in [0, 0.1) is 10.1 Å². The molecule has 0 amide bonds. The predicted octanol–water partition coefficient (Wildman–Crippen LogP) is 1.72. The molecule has 0 saturated carbocycles. The second kappa shape index (κ2) is 10.8. The summed E-state index contributed by atoms with van der Waals surface area (Å²) in [7, 11) is 5.25. The third-order valence-electron chi connectivity index (χ3n) is 2.90. The van der Waals surface area contributed by atoms with Crippen molar-refractivity contribution in [1.82, 2.24) is 0 Å². The van der Waals surface area contributed by atoms with Crippen molar-refractivity contribution < 1.29 is 23.9 Å². The Morgan fingerprint density at radius 3 is 2.17 bits per heavy atom. The molecule has 0 aliphatic carbocycles. The molecule has 0 atom stereocenters. The Kier molecular flexibility index (Phi) is 8.96. The van der Waals surface area contributed by atoms with Crippen LogP contribution in [0.5, 0.6) is 5.75 Å². The van der Waals surface area contributed by atoms with Gasteiger partial charge in [0.1, 0.15) is 12.4 Å². The van der Waals surface area contributed by atoms with Gasteiger partial charge in [-0.05, 0) is 0 Å². The number of rotatable bonds is 12. The average molecular weight is 328 g/mol. The Hall–Kier alpha value is -1.90. The zero-order valence-electron chi connectivity index (χ0n) is 13.8. The van der Waals surface area contributed by atoms with Gasteiger partial charge in [0.2, 0.25) is 0 Å². The van der Waals surface area contributed by atoms with Crippen molar-refractivity contribution >= 4 is 11.4 Å². The van der Waals surface area contributed by atoms with Crippen molar-refractivity contribution in [1.29, 1.82) is 0 Å². The van der Waals surface area contributed by atoms with Crippen LogP contribution in [-0.2, 0) is 14.2 Å². The summed E-state index contributed by atoms with van der Waals surface area (Å²) in [5, 5.41) is 10.9. The lowest BCUT2D eigenvalue weighted by Crippen LogP contribution is -2.13. The van der Waals surface area contributed by atoms with E-state index in [4.69, 9.17) is 18.9 Å². The first kappa shape index (κ1) is 19.1. The van der Waals surface area contributed by atoms with Gasteiger partial charge in [-0.3, -0.25) is 10.1 Å². The van der Waals surface area contributed by atoms with Gasteiger partial charge in [0.25, 0.3) is 5.69 Å². The van der Waals surface area contributed by atoms with Crippen LogP contribution in [-0.4, -0.2) is 65.8 Å². The van der Waals surface area contributed by atoms with Crippen molar-refractivity contribution in [3.63, 3.8) is 0 Å². The van der Waals surface area contributed by atoms with E-state index in [9.17, 15) is 10.1 Å². The fourth-order valence-electron chi connectivity index (χ4n) is 1.70. The second-order valence-corrected chi connectivity index (χ2v) is 4.90. The molecule has 0 spiro atoms. The van der Waals surface area contributed by atoms with Gasteiger partial charge < -0.3 is 23.8 Å². The Labute approximate surface area is 136 Å². The van der Waals surface area contributed by atoms with Crippen LogP contribution in [0.1, 0.15) is 0 Å². The molecule has 8 heteroatoms. The van der Waals surface area contributed by atoms with Gasteiger partial charge >= 0.3 is 0 Å². The van der Waals surface area contributed by atoms with Gasteiger partial charge in [-0.2, -0.15) is 0 Å². The van der Waals surface area contributed by atoms with E-state index >= 15 is 0 Å². The second-order valence-electron chi connectivity index (χ2n) is 4.90. The summed E-state index contributed by atoms with van der Waals surface area (Å²) in [5.74, 6) is 0.447. The Balaban J connectivity index is 2.32. The zero-order valence-corrected chi connectivity index (χ0v) is 13.8. The molecule has 1 aromatic rings. The quantitative estimate of drug-likeness (QED) is 0.328. The van der Waals surface area contributed by atoms with Crippen LogP contribution in [0.2, 0.25) is 0 Å². The molecule has 0 unspecified atom stereocenters. The molecule has 0 radical (unpaired) electrons. The molecule has 0 aliphatic heterocycles. The number of anilines is 1. The van der Waals surface area contributed by atoms with Crippen LogP contribution in [0.3, 0.4) is 0 Å². The average Bonchev–Trinajstić information content (AvgIpc) is 2.53. The van der Waals surface area contributed by atoms with Crippen molar-refractivity contribution in [2.75, 3.05) is 65.7 Å². The summed E-state index contributed by atoms with van der Waals surface area (Å²) in [6.07, 6.45) is 0. The lowest BCUT2D eigenvalue weighted by atomic mass is 10.2. The minimum Gasteiger partial charge on any atom is -0.491 e. The predicted molar refractivity (Wildman–Crippen MR) is 86.4 cm³/mol. The van der Waals surface area contributed by atoms with E-state index in [1.54, 1.807) is 18.1 Å². The minimum absolute atomic E-state index is 0.00124. The molecule has 8 nitrogen and oxygen atoms in total. The number of ether oxygens (including phenoxy) is 4. The highest BCUT2D eigenvalue weighted by Crippen LogP contribution is 2.27. The van der Waals surface area contributed by atoms with E-state index in [0.29, 0.717) is 51.1 Å². The summed E-state index contributed by atoms with van der Waals surface area (Å²) in [4.78, 5) is 12.3. The summed E-state index contributed by atoms with van der Waals surface area (Å²) in [6.45, 7) is 2.75. The highest BCUT2D eigenvalue weighted by Gasteiger charge is 2.11. The number of methoxy groups -OCH3 is 1. The van der Waals surface area contributed by atoms with Crippen molar-refractivity contribution in [2.45, 2.75) is 0 Å². The number of non-ortho nitro benzene ring substituents is 1. The first-order chi connectivity index (χ1) is 11.0. The van der Waals surface area contributed by atoms with Gasteiger partial charge in [-0.1, -0.05) is 0 Å². The van der Waals surface area contributed by atoms with Crippen LogP contribution < -0.4 is 9.64 Å². The lowest BCUT2D eigenvalue weighted by Gasteiger charge is -2.14. The van der Waals surface area contributed by atoms with Gasteiger partial charge in [-0.15, -0.1) is 0 Å². The van der Waals surface area contributed by atoms with E-state index in [1.165, 1.54) is 12.1 Å². The fraction of sp³-hybridized carbons (Fsp3) is 0.600. The number of nitrogens with zero attached hydrogens (tertiary/aromatic N) is 2. The van der Waals surface area contributed by atoms with Crippen LogP contribution in [0.25, 0.3) is 0 Å². The molecule has 0 aliphatic rings. The smallest absolute Gasteiger partial charge is 0.275 e. The van der Waals surface area contributed by atoms with Crippen molar-refractivity contribution in [3.8, 4) is 5.75 Å². The third kappa shape index (κ3) is 7.78. The maximum absolute atomic E-state index is 10.9. The first-order valence-corrected chi connectivity index (χ1v) is 7.28. The maximum atomic E-state index is 10.9. The lowest BCUT2D eigenvalue weighted by molar-refractivity contribution is -0.384. The minimum atomic E-state index is -0.437. The molecular formula is C15H24N2O6. The molecule has 0 fully saturated rings.